The zero-order chi connectivity index (χ0) is 12.0. The third-order valence-corrected chi connectivity index (χ3v) is 2.26. The second kappa shape index (κ2) is 6.39. The van der Waals surface area contributed by atoms with E-state index in [1.54, 1.807) is 18.2 Å². The van der Waals surface area contributed by atoms with Crippen LogP contribution in [0.2, 0.25) is 10.0 Å². The van der Waals surface area contributed by atoms with Gasteiger partial charge in [-0.3, -0.25) is 4.79 Å². The average molecular weight is 257 g/mol. The highest BCUT2D eigenvalue weighted by Crippen LogP contribution is 2.19. The molecule has 84 valence electrons. The smallest absolute Gasteiger partial charge is 0.234 e. The molecule has 0 aliphatic rings. The summed E-state index contributed by atoms with van der Waals surface area (Å²) in [5.41, 5.74) is 5.78. The number of amides is 1. The fourth-order valence-corrected chi connectivity index (χ4v) is 1.40. The number of carbonyl (C=O) groups is 1. The lowest BCUT2D eigenvalue weighted by Gasteiger charge is -1.97. The third-order valence-electron chi connectivity index (χ3n) is 1.71. The Morgan fingerprint density at radius 3 is 2.81 bits per heavy atom. The van der Waals surface area contributed by atoms with Crippen molar-refractivity contribution in [3.8, 4) is 11.8 Å². The number of benzene rings is 1. The quantitative estimate of drug-likeness (QED) is 0.787. The lowest BCUT2D eigenvalue weighted by atomic mass is 10.2. The van der Waals surface area contributed by atoms with Crippen LogP contribution in [0.25, 0.3) is 0 Å². The van der Waals surface area contributed by atoms with Crippen molar-refractivity contribution in [1.82, 2.24) is 5.32 Å². The first-order chi connectivity index (χ1) is 7.63. The highest BCUT2D eigenvalue weighted by molar-refractivity contribution is 6.35. The van der Waals surface area contributed by atoms with Gasteiger partial charge in [0.05, 0.1) is 18.1 Å². The SMILES string of the molecule is NCC(=O)NCC#Cc1ccc(Cl)cc1Cl. The van der Waals surface area contributed by atoms with Crippen molar-refractivity contribution in [2.24, 2.45) is 5.73 Å². The lowest BCUT2D eigenvalue weighted by Crippen LogP contribution is -2.30. The van der Waals surface area contributed by atoms with E-state index in [0.29, 0.717) is 15.6 Å². The van der Waals surface area contributed by atoms with E-state index in [0.717, 1.165) is 0 Å². The monoisotopic (exact) mass is 256 g/mol. The van der Waals surface area contributed by atoms with Gasteiger partial charge < -0.3 is 11.1 Å². The van der Waals surface area contributed by atoms with Gasteiger partial charge in [0.1, 0.15) is 0 Å². The summed E-state index contributed by atoms with van der Waals surface area (Å²) in [4.78, 5) is 10.8. The van der Waals surface area contributed by atoms with Crippen LogP contribution in [0.1, 0.15) is 5.56 Å². The number of nitrogens with one attached hydrogen (secondary N) is 1. The van der Waals surface area contributed by atoms with Gasteiger partial charge in [-0.25, -0.2) is 0 Å². The number of rotatable bonds is 2. The summed E-state index contributed by atoms with van der Waals surface area (Å²) in [7, 11) is 0. The normalized spacial score (nSPS) is 9.19. The van der Waals surface area contributed by atoms with E-state index in [4.69, 9.17) is 28.9 Å². The molecule has 1 aromatic carbocycles. The molecule has 0 saturated heterocycles. The average Bonchev–Trinajstić information content (AvgIpc) is 2.26. The Morgan fingerprint density at radius 1 is 1.44 bits per heavy atom. The maximum Gasteiger partial charge on any atom is 0.234 e. The fourth-order valence-electron chi connectivity index (χ4n) is 0.945. The molecule has 0 fully saturated rings. The summed E-state index contributed by atoms with van der Waals surface area (Å²) in [6.07, 6.45) is 0. The van der Waals surface area contributed by atoms with Gasteiger partial charge in [0, 0.05) is 10.6 Å². The first-order valence-corrected chi connectivity index (χ1v) is 5.29. The predicted octanol–water partition coefficient (Wildman–Crippen LogP) is 1.42. The molecule has 0 heterocycles. The molecule has 1 amide bonds. The van der Waals surface area contributed by atoms with E-state index in [1.165, 1.54) is 0 Å². The van der Waals surface area contributed by atoms with Crippen LogP contribution in [0, 0.1) is 11.8 Å². The van der Waals surface area contributed by atoms with Crippen LogP contribution in [-0.4, -0.2) is 19.0 Å². The van der Waals surface area contributed by atoms with Crippen molar-refractivity contribution in [2.75, 3.05) is 13.1 Å². The van der Waals surface area contributed by atoms with E-state index >= 15 is 0 Å². The first-order valence-electron chi connectivity index (χ1n) is 4.54. The molecule has 0 aliphatic carbocycles. The number of hydrogen-bond donors (Lipinski definition) is 2. The van der Waals surface area contributed by atoms with Crippen LogP contribution in [-0.2, 0) is 4.79 Å². The maximum atomic E-state index is 10.8. The molecule has 3 nitrogen and oxygen atoms in total. The second-order valence-electron chi connectivity index (χ2n) is 2.91. The molecular weight excluding hydrogens is 247 g/mol. The van der Waals surface area contributed by atoms with Crippen LogP contribution in [0.4, 0.5) is 0 Å². The number of nitrogens with two attached hydrogens (primary N) is 1. The first kappa shape index (κ1) is 12.9. The Hall–Kier alpha value is -1.21. The number of halogens is 2. The van der Waals surface area contributed by atoms with Gasteiger partial charge in [-0.1, -0.05) is 35.0 Å². The largest absolute Gasteiger partial charge is 0.344 e. The molecule has 0 spiro atoms. The van der Waals surface area contributed by atoms with Crippen molar-refractivity contribution in [2.45, 2.75) is 0 Å². The third kappa shape index (κ3) is 4.11. The van der Waals surface area contributed by atoms with Crippen molar-refractivity contribution in [1.29, 1.82) is 0 Å². The summed E-state index contributed by atoms with van der Waals surface area (Å²) in [5.74, 6) is 5.35. The van der Waals surface area contributed by atoms with Crippen LogP contribution in [0.3, 0.4) is 0 Å². The van der Waals surface area contributed by atoms with Gasteiger partial charge >= 0.3 is 0 Å². The summed E-state index contributed by atoms with van der Waals surface area (Å²) in [5, 5.41) is 3.58. The molecule has 0 aliphatic heterocycles. The van der Waals surface area contributed by atoms with Gasteiger partial charge in [0.25, 0.3) is 0 Å². The van der Waals surface area contributed by atoms with Crippen LogP contribution in [0.5, 0.6) is 0 Å². The summed E-state index contributed by atoms with van der Waals surface area (Å²) >= 11 is 11.6. The summed E-state index contributed by atoms with van der Waals surface area (Å²) < 4.78 is 0. The minimum absolute atomic E-state index is 0.0383. The van der Waals surface area contributed by atoms with Crippen molar-refractivity contribution in [3.63, 3.8) is 0 Å². The van der Waals surface area contributed by atoms with Gasteiger partial charge in [-0.2, -0.15) is 0 Å². The Morgan fingerprint density at radius 2 is 2.19 bits per heavy atom. The molecule has 0 aromatic heterocycles. The van der Waals surface area contributed by atoms with E-state index in [2.05, 4.69) is 17.2 Å². The molecule has 0 radical (unpaired) electrons. The Kier molecular flexibility index (Phi) is 5.13. The zero-order valence-electron chi connectivity index (χ0n) is 8.39. The summed E-state index contributed by atoms with van der Waals surface area (Å²) in [6, 6.07) is 5.05. The van der Waals surface area contributed by atoms with Crippen LogP contribution in [0.15, 0.2) is 18.2 Å². The molecule has 16 heavy (non-hydrogen) atoms. The second-order valence-corrected chi connectivity index (χ2v) is 3.75. The highest BCUT2D eigenvalue weighted by atomic mass is 35.5. The maximum absolute atomic E-state index is 10.8. The van der Waals surface area contributed by atoms with Crippen LogP contribution >= 0.6 is 23.2 Å². The van der Waals surface area contributed by atoms with E-state index < -0.39 is 0 Å². The Labute approximate surface area is 104 Å². The van der Waals surface area contributed by atoms with Crippen molar-refractivity contribution < 1.29 is 4.79 Å². The molecule has 0 unspecified atom stereocenters. The Bertz CT molecular complexity index is 449. The minimum atomic E-state index is -0.239. The van der Waals surface area contributed by atoms with Crippen LogP contribution < -0.4 is 11.1 Å². The topological polar surface area (TPSA) is 55.1 Å². The zero-order valence-corrected chi connectivity index (χ0v) is 9.90. The molecule has 1 aromatic rings. The Balaban J connectivity index is 2.60. The van der Waals surface area contributed by atoms with Gasteiger partial charge in [-0.05, 0) is 18.2 Å². The summed E-state index contributed by atoms with van der Waals surface area (Å²) in [6.45, 7) is 0.207. The molecule has 0 atom stereocenters. The van der Waals surface area contributed by atoms with Gasteiger partial charge in [-0.15, -0.1) is 0 Å². The molecule has 0 saturated carbocycles. The number of carbonyl (C=O) groups excluding carboxylic acids is 1. The highest BCUT2D eigenvalue weighted by Gasteiger charge is 1.97. The molecule has 3 N–H and O–H groups in total. The number of hydrogen-bond acceptors (Lipinski definition) is 2. The molecule has 1 rings (SSSR count). The van der Waals surface area contributed by atoms with Crippen molar-refractivity contribution in [3.05, 3.63) is 33.8 Å². The van der Waals surface area contributed by atoms with Gasteiger partial charge in [0.2, 0.25) is 5.91 Å². The van der Waals surface area contributed by atoms with E-state index in [1.807, 2.05) is 0 Å². The molecule has 5 heteroatoms. The van der Waals surface area contributed by atoms with Crippen molar-refractivity contribution >= 4 is 29.1 Å². The van der Waals surface area contributed by atoms with E-state index in [-0.39, 0.29) is 19.0 Å². The van der Waals surface area contributed by atoms with Gasteiger partial charge in [0.15, 0.2) is 0 Å². The minimum Gasteiger partial charge on any atom is -0.344 e. The fraction of sp³-hybridized carbons (Fsp3) is 0.182. The molecule has 0 bridgehead atoms. The molecular formula is C11H10Cl2N2O. The lowest BCUT2D eigenvalue weighted by molar-refractivity contribution is -0.119. The van der Waals surface area contributed by atoms with E-state index in [9.17, 15) is 4.79 Å². The standard InChI is InChI=1S/C11H10Cl2N2O/c12-9-4-3-8(10(13)6-9)2-1-5-15-11(16)7-14/h3-4,6H,5,7,14H2,(H,15,16). The predicted molar refractivity (Wildman–Crippen MR) is 65.4 cm³/mol.